The van der Waals surface area contributed by atoms with E-state index < -0.39 is 5.97 Å². The summed E-state index contributed by atoms with van der Waals surface area (Å²) >= 11 is 0. The molecule has 0 N–H and O–H groups in total. The number of aliphatic imine (C=N–C) groups is 1. The summed E-state index contributed by atoms with van der Waals surface area (Å²) in [6.45, 7) is 2.06. The number of esters is 1. The van der Waals surface area contributed by atoms with Crippen molar-refractivity contribution in [2.75, 3.05) is 7.11 Å². The number of carbonyl (C=O) groups is 1. The van der Waals surface area contributed by atoms with Gasteiger partial charge in [0.05, 0.1) is 7.11 Å². The predicted octanol–water partition coefficient (Wildman–Crippen LogP) is 3.59. The molecule has 0 bridgehead atoms. The van der Waals surface area contributed by atoms with Crippen molar-refractivity contribution in [1.82, 2.24) is 0 Å². The zero-order valence-electron chi connectivity index (χ0n) is 13.5. The topological polar surface area (TPSA) is 57.1 Å². The number of benzene rings is 2. The molecule has 3 rings (SSSR count). The lowest BCUT2D eigenvalue weighted by atomic mass is 10.1. The van der Waals surface area contributed by atoms with Gasteiger partial charge in [0, 0.05) is 12.5 Å². The lowest BCUT2D eigenvalue weighted by molar-refractivity contribution is -0.130. The second-order valence-corrected chi connectivity index (χ2v) is 5.23. The van der Waals surface area contributed by atoms with Crippen molar-refractivity contribution in [3.05, 3.63) is 65.4 Å². The Morgan fingerprint density at radius 3 is 2.62 bits per heavy atom. The van der Waals surface area contributed by atoms with Crippen LogP contribution < -0.4 is 9.47 Å². The van der Waals surface area contributed by atoms with Gasteiger partial charge in [0.15, 0.2) is 11.6 Å². The third-order valence-electron chi connectivity index (χ3n) is 3.47. The molecular formula is C19H17NO4. The van der Waals surface area contributed by atoms with Gasteiger partial charge in [-0.25, -0.2) is 9.79 Å². The van der Waals surface area contributed by atoms with Crippen LogP contribution in [0.5, 0.6) is 11.5 Å². The first kappa shape index (κ1) is 15.8. The minimum Gasteiger partial charge on any atom is -0.497 e. The Balaban J connectivity index is 1.89. The summed E-state index contributed by atoms with van der Waals surface area (Å²) in [6.07, 6.45) is 1.64. The molecule has 2 aromatic carbocycles. The molecule has 5 nitrogen and oxygen atoms in total. The first-order chi connectivity index (χ1) is 11.7. The molecule has 24 heavy (non-hydrogen) atoms. The van der Waals surface area contributed by atoms with Crippen LogP contribution in [0.3, 0.4) is 0 Å². The summed E-state index contributed by atoms with van der Waals surface area (Å²) < 4.78 is 16.1. The highest BCUT2D eigenvalue weighted by Gasteiger charge is 2.20. The van der Waals surface area contributed by atoms with E-state index in [1.807, 2.05) is 42.5 Å². The maximum Gasteiger partial charge on any atom is 0.363 e. The Kier molecular flexibility index (Phi) is 4.61. The number of rotatable bonds is 5. The molecule has 1 aliphatic heterocycles. The van der Waals surface area contributed by atoms with Crippen molar-refractivity contribution in [1.29, 1.82) is 0 Å². The van der Waals surface area contributed by atoms with Gasteiger partial charge >= 0.3 is 5.97 Å². The zero-order valence-corrected chi connectivity index (χ0v) is 13.5. The molecule has 0 radical (unpaired) electrons. The number of methoxy groups -OCH3 is 1. The molecule has 0 amide bonds. The summed E-state index contributed by atoms with van der Waals surface area (Å²) in [5.74, 6) is 1.17. The molecule has 122 valence electrons. The van der Waals surface area contributed by atoms with Crippen molar-refractivity contribution in [3.8, 4) is 11.5 Å². The Morgan fingerprint density at radius 1 is 1.17 bits per heavy atom. The Morgan fingerprint density at radius 2 is 1.96 bits per heavy atom. The summed E-state index contributed by atoms with van der Waals surface area (Å²) in [4.78, 5) is 15.8. The average molecular weight is 323 g/mol. The Bertz CT molecular complexity index is 809. The molecule has 0 atom stereocenters. The van der Waals surface area contributed by atoms with Crippen LogP contribution in [0, 0.1) is 0 Å². The second kappa shape index (κ2) is 7.00. The van der Waals surface area contributed by atoms with Crippen LogP contribution in [0.15, 0.2) is 59.2 Å². The van der Waals surface area contributed by atoms with Crippen molar-refractivity contribution in [3.63, 3.8) is 0 Å². The first-order valence-electron chi connectivity index (χ1n) is 7.49. The van der Waals surface area contributed by atoms with Gasteiger partial charge in [-0.15, -0.1) is 0 Å². The van der Waals surface area contributed by atoms with E-state index >= 15 is 0 Å². The number of carbonyl (C=O) groups excluding carboxylic acids is 1. The van der Waals surface area contributed by atoms with E-state index in [9.17, 15) is 4.79 Å². The van der Waals surface area contributed by atoms with Gasteiger partial charge in [0.25, 0.3) is 0 Å². The van der Waals surface area contributed by atoms with E-state index in [4.69, 9.17) is 14.2 Å². The van der Waals surface area contributed by atoms with E-state index in [0.717, 1.165) is 5.56 Å². The van der Waals surface area contributed by atoms with Gasteiger partial charge in [0.2, 0.25) is 0 Å². The molecule has 2 aromatic rings. The molecule has 0 aliphatic carbocycles. The monoisotopic (exact) mass is 323 g/mol. The highest BCUT2D eigenvalue weighted by molar-refractivity contribution is 6.06. The molecule has 0 saturated heterocycles. The molecule has 1 aliphatic rings. The van der Waals surface area contributed by atoms with Crippen LogP contribution in [0.1, 0.15) is 18.1 Å². The molecular weight excluding hydrogens is 306 g/mol. The summed E-state index contributed by atoms with van der Waals surface area (Å²) in [5.41, 5.74) is 2.00. The van der Waals surface area contributed by atoms with Crippen LogP contribution in [0.25, 0.3) is 6.08 Å². The molecule has 0 aromatic heterocycles. The van der Waals surface area contributed by atoms with Crippen molar-refractivity contribution < 1.29 is 19.0 Å². The Labute approximate surface area is 140 Å². The summed E-state index contributed by atoms with van der Waals surface area (Å²) in [7, 11) is 1.59. The summed E-state index contributed by atoms with van der Waals surface area (Å²) in [5, 5.41) is 0. The van der Waals surface area contributed by atoms with Gasteiger partial charge in [-0.3, -0.25) is 0 Å². The highest BCUT2D eigenvalue weighted by Crippen LogP contribution is 2.28. The van der Waals surface area contributed by atoms with Crippen LogP contribution in [0.4, 0.5) is 0 Å². The van der Waals surface area contributed by atoms with Gasteiger partial charge in [0.1, 0.15) is 18.1 Å². The number of hydrogen-bond acceptors (Lipinski definition) is 5. The fraction of sp³-hybridized carbons (Fsp3) is 0.158. The smallest absolute Gasteiger partial charge is 0.363 e. The predicted molar refractivity (Wildman–Crippen MR) is 90.9 cm³/mol. The molecule has 0 spiro atoms. The molecule has 0 fully saturated rings. The van der Waals surface area contributed by atoms with Gasteiger partial charge in [-0.05, 0) is 29.8 Å². The van der Waals surface area contributed by atoms with E-state index in [1.54, 1.807) is 26.2 Å². The molecule has 0 saturated carbocycles. The maximum atomic E-state index is 11.8. The number of cyclic esters (lactones) is 1. The lowest BCUT2D eigenvalue weighted by Gasteiger charge is -2.11. The average Bonchev–Trinajstić information content (AvgIpc) is 2.92. The van der Waals surface area contributed by atoms with Crippen LogP contribution >= 0.6 is 0 Å². The summed E-state index contributed by atoms with van der Waals surface area (Å²) in [6, 6.07) is 15.3. The second-order valence-electron chi connectivity index (χ2n) is 5.23. The van der Waals surface area contributed by atoms with Gasteiger partial charge in [-0.2, -0.15) is 0 Å². The van der Waals surface area contributed by atoms with Gasteiger partial charge < -0.3 is 14.2 Å². The van der Waals surface area contributed by atoms with Crippen LogP contribution in [-0.2, 0) is 16.1 Å². The molecule has 0 unspecified atom stereocenters. The highest BCUT2D eigenvalue weighted by atomic mass is 16.6. The van der Waals surface area contributed by atoms with Crippen LogP contribution in [-0.4, -0.2) is 19.0 Å². The molecule has 5 heteroatoms. The van der Waals surface area contributed by atoms with Crippen LogP contribution in [0.2, 0.25) is 0 Å². The largest absolute Gasteiger partial charge is 0.497 e. The van der Waals surface area contributed by atoms with Crippen molar-refractivity contribution in [2.24, 2.45) is 4.99 Å². The van der Waals surface area contributed by atoms with E-state index in [0.29, 0.717) is 29.6 Å². The quantitative estimate of drug-likeness (QED) is 0.623. The first-order valence-corrected chi connectivity index (χ1v) is 7.49. The third-order valence-corrected chi connectivity index (χ3v) is 3.47. The van der Waals surface area contributed by atoms with E-state index in [-0.39, 0.29) is 5.70 Å². The number of ether oxygens (including phenoxy) is 3. The van der Waals surface area contributed by atoms with E-state index in [2.05, 4.69) is 4.99 Å². The fourth-order valence-electron chi connectivity index (χ4n) is 2.30. The third kappa shape index (κ3) is 3.63. The molecule has 1 heterocycles. The van der Waals surface area contributed by atoms with Gasteiger partial charge in [-0.1, -0.05) is 30.3 Å². The fourth-order valence-corrected chi connectivity index (χ4v) is 2.30. The maximum absolute atomic E-state index is 11.8. The minimum absolute atomic E-state index is 0.241. The number of nitrogens with zero attached hydrogens (tertiary/aromatic N) is 1. The normalized spacial score (nSPS) is 15.2. The van der Waals surface area contributed by atoms with E-state index in [1.165, 1.54) is 0 Å². The lowest BCUT2D eigenvalue weighted by Crippen LogP contribution is -2.01. The van der Waals surface area contributed by atoms with Crippen molar-refractivity contribution in [2.45, 2.75) is 13.5 Å². The Hall–Kier alpha value is -3.08. The number of hydrogen-bond donors (Lipinski definition) is 0. The standard InChI is InChI=1S/C19H17NO4/c1-13-20-17(19(21)24-13)11-15-10-16(22-2)8-9-18(15)23-12-14-6-4-3-5-7-14/h3-11H,12H2,1-2H3/b17-11-. The SMILES string of the molecule is COc1ccc(OCc2ccccc2)c(/C=C2\N=C(C)OC2=O)c1. The zero-order chi connectivity index (χ0) is 16.9. The van der Waals surface area contributed by atoms with Crippen molar-refractivity contribution >= 4 is 17.9 Å². The minimum atomic E-state index is -0.468.